The fourth-order valence-corrected chi connectivity index (χ4v) is 3.53. The lowest BCUT2D eigenvalue weighted by Gasteiger charge is -2.35. The summed E-state index contributed by atoms with van der Waals surface area (Å²) < 4.78 is 16.4. The first-order valence-corrected chi connectivity index (χ1v) is 7.76. The first-order valence-electron chi connectivity index (χ1n) is 7.39. The van der Waals surface area contributed by atoms with E-state index < -0.39 is 17.3 Å². The van der Waals surface area contributed by atoms with Gasteiger partial charge in [-0.3, -0.25) is 9.59 Å². The molecule has 1 aliphatic carbocycles. The van der Waals surface area contributed by atoms with Gasteiger partial charge in [0.1, 0.15) is 22.1 Å². The Morgan fingerprint density at radius 2 is 2.04 bits per heavy atom. The third-order valence-corrected chi connectivity index (χ3v) is 4.81. The minimum Gasteiger partial charge on any atom is -0.496 e. The predicted octanol–water partition coefficient (Wildman–Crippen LogP) is 3.47. The van der Waals surface area contributed by atoms with E-state index in [-0.39, 0.29) is 45.7 Å². The lowest BCUT2D eigenvalue weighted by Crippen LogP contribution is -2.50. The highest BCUT2D eigenvalue weighted by Gasteiger charge is 2.58. The zero-order valence-electron chi connectivity index (χ0n) is 13.7. The zero-order chi connectivity index (χ0) is 18.4. The number of benzene rings is 1. The normalized spacial score (nSPS) is 24.3. The van der Waals surface area contributed by atoms with E-state index in [4.69, 9.17) is 31.3 Å². The molecule has 0 saturated carbocycles. The Bertz CT molecular complexity index is 875. The number of methoxy groups -OCH3 is 2. The molecule has 25 heavy (non-hydrogen) atoms. The topological polar surface area (TPSA) is 111 Å². The fourth-order valence-electron chi connectivity index (χ4n) is 3.26. The number of ketones is 2. The third-order valence-electron chi connectivity index (χ3n) is 4.45. The van der Waals surface area contributed by atoms with Crippen LogP contribution in [0.3, 0.4) is 0 Å². The van der Waals surface area contributed by atoms with Gasteiger partial charge >= 0.3 is 0 Å². The van der Waals surface area contributed by atoms with E-state index >= 15 is 0 Å². The number of allylic oxidation sites excluding steroid dienone is 1. The highest BCUT2D eigenvalue weighted by molar-refractivity contribution is 6.35. The number of fused-ring (bicyclic) bond motifs is 1. The van der Waals surface area contributed by atoms with E-state index in [2.05, 4.69) is 10.0 Å². The van der Waals surface area contributed by atoms with Crippen LogP contribution in [0.1, 0.15) is 23.7 Å². The van der Waals surface area contributed by atoms with Crippen molar-refractivity contribution in [1.82, 2.24) is 0 Å². The van der Waals surface area contributed by atoms with Crippen molar-refractivity contribution in [3.05, 3.63) is 38.9 Å². The molecular weight excluding hydrogens is 350 g/mol. The molecule has 2 aliphatic rings. The molecule has 0 saturated heterocycles. The number of nitrogens with zero attached hydrogens (tertiary/aromatic N) is 3. The number of azide groups is 1. The molecule has 1 aliphatic heterocycles. The molecule has 8 nitrogen and oxygen atoms in total. The van der Waals surface area contributed by atoms with E-state index in [9.17, 15) is 9.59 Å². The molecule has 1 aromatic rings. The van der Waals surface area contributed by atoms with Crippen molar-refractivity contribution in [2.24, 2.45) is 11.0 Å². The second-order valence-electron chi connectivity index (χ2n) is 5.76. The van der Waals surface area contributed by atoms with Crippen molar-refractivity contribution in [2.75, 3.05) is 14.2 Å². The molecule has 0 unspecified atom stereocenters. The van der Waals surface area contributed by atoms with Crippen molar-refractivity contribution in [1.29, 1.82) is 0 Å². The third kappa shape index (κ3) is 2.26. The Morgan fingerprint density at radius 3 is 2.64 bits per heavy atom. The van der Waals surface area contributed by atoms with Crippen LogP contribution in [-0.4, -0.2) is 31.4 Å². The van der Waals surface area contributed by atoms with Crippen LogP contribution in [0.4, 0.5) is 0 Å². The van der Waals surface area contributed by atoms with Gasteiger partial charge in [0.25, 0.3) is 0 Å². The van der Waals surface area contributed by atoms with Gasteiger partial charge in [0.15, 0.2) is 11.5 Å². The van der Waals surface area contributed by atoms with Crippen LogP contribution in [0.15, 0.2) is 23.0 Å². The average Bonchev–Trinajstić information content (AvgIpc) is 2.89. The van der Waals surface area contributed by atoms with Crippen LogP contribution in [0.25, 0.3) is 10.4 Å². The summed E-state index contributed by atoms with van der Waals surface area (Å²) >= 11 is 6.30. The molecule has 3 rings (SSSR count). The van der Waals surface area contributed by atoms with Gasteiger partial charge in [0, 0.05) is 23.3 Å². The molecule has 2 atom stereocenters. The zero-order valence-corrected chi connectivity index (χ0v) is 14.5. The lowest BCUT2D eigenvalue weighted by atomic mass is 9.75. The van der Waals surface area contributed by atoms with Gasteiger partial charge in [-0.05, 0) is 11.6 Å². The molecular formula is C16H14ClN3O5. The number of carbonyl (C=O) groups excluding carboxylic acids is 2. The second-order valence-corrected chi connectivity index (χ2v) is 6.13. The molecule has 0 amide bonds. The molecule has 1 aromatic carbocycles. The maximum Gasteiger partial charge on any atom is 0.218 e. The molecule has 0 bridgehead atoms. The average molecular weight is 364 g/mol. The maximum atomic E-state index is 13.3. The van der Waals surface area contributed by atoms with Crippen molar-refractivity contribution < 1.29 is 23.8 Å². The highest BCUT2D eigenvalue weighted by atomic mass is 35.5. The van der Waals surface area contributed by atoms with Crippen LogP contribution in [0.5, 0.6) is 17.2 Å². The van der Waals surface area contributed by atoms with E-state index in [1.54, 1.807) is 6.92 Å². The Kier molecular flexibility index (Phi) is 4.10. The minimum absolute atomic E-state index is 0.0707. The van der Waals surface area contributed by atoms with Crippen LogP contribution >= 0.6 is 11.6 Å². The monoisotopic (exact) mass is 363 g/mol. The summed E-state index contributed by atoms with van der Waals surface area (Å²) in [4.78, 5) is 27.9. The molecule has 1 heterocycles. The number of hydrogen-bond acceptors (Lipinski definition) is 6. The summed E-state index contributed by atoms with van der Waals surface area (Å²) in [5, 5.41) is 3.65. The van der Waals surface area contributed by atoms with Gasteiger partial charge in [0.2, 0.25) is 11.4 Å². The first kappa shape index (κ1) is 17.1. The molecule has 0 radical (unpaired) electrons. The van der Waals surface area contributed by atoms with Gasteiger partial charge in [-0.25, -0.2) is 0 Å². The van der Waals surface area contributed by atoms with Crippen LogP contribution < -0.4 is 14.2 Å². The number of halogens is 1. The van der Waals surface area contributed by atoms with E-state index in [1.807, 2.05) is 0 Å². The molecule has 9 heteroatoms. The Balaban J connectivity index is 2.29. The summed E-state index contributed by atoms with van der Waals surface area (Å²) in [5.41, 5.74) is 7.27. The van der Waals surface area contributed by atoms with Gasteiger partial charge < -0.3 is 14.2 Å². The molecule has 0 aromatic heterocycles. The largest absolute Gasteiger partial charge is 0.496 e. The fraction of sp³-hybridized carbons (Fsp3) is 0.375. The quantitative estimate of drug-likeness (QED) is 0.463. The van der Waals surface area contributed by atoms with Gasteiger partial charge in [0.05, 0.1) is 19.9 Å². The molecule has 1 spiro atoms. The minimum atomic E-state index is -1.62. The van der Waals surface area contributed by atoms with Crippen LogP contribution in [-0.2, 0) is 4.79 Å². The standard InChI is InChI=1S/C16H14ClN3O5/c1-7-4-8(21)5-11(19-20-18)16(7)15(22)12-9(23-2)6-10(24-3)13(17)14(12)25-16/h5-7H,4H2,1-3H3/t7-,16+/m1/s1. The number of hydrogen-bond donors (Lipinski definition) is 0. The van der Waals surface area contributed by atoms with Crippen molar-refractivity contribution in [3.63, 3.8) is 0 Å². The van der Waals surface area contributed by atoms with E-state index in [1.165, 1.54) is 20.3 Å². The Hall–Kier alpha value is -2.70. The summed E-state index contributed by atoms with van der Waals surface area (Å²) in [6.45, 7) is 1.68. The van der Waals surface area contributed by atoms with E-state index in [0.29, 0.717) is 0 Å². The lowest BCUT2D eigenvalue weighted by molar-refractivity contribution is -0.117. The summed E-state index contributed by atoms with van der Waals surface area (Å²) in [6.07, 6.45) is 1.21. The van der Waals surface area contributed by atoms with Gasteiger partial charge in [-0.15, -0.1) is 0 Å². The smallest absolute Gasteiger partial charge is 0.218 e. The number of rotatable bonds is 3. The van der Waals surface area contributed by atoms with Crippen molar-refractivity contribution in [2.45, 2.75) is 18.9 Å². The summed E-state index contributed by atoms with van der Waals surface area (Å²) in [7, 11) is 2.83. The Labute approximate surface area is 147 Å². The van der Waals surface area contributed by atoms with Gasteiger partial charge in [-0.1, -0.05) is 23.6 Å². The summed E-state index contributed by atoms with van der Waals surface area (Å²) in [6, 6.07) is 1.48. The van der Waals surface area contributed by atoms with Crippen molar-refractivity contribution >= 4 is 23.2 Å². The SMILES string of the molecule is COc1cc(OC)c2c(c1Cl)O[C@]1(C2=O)C(N=[N+]=[N-])=CC(=O)C[C@H]1C. The number of Topliss-reactive ketones (excluding diaryl/α,β-unsaturated/α-hetero) is 1. The highest BCUT2D eigenvalue weighted by Crippen LogP contribution is 2.54. The first-order chi connectivity index (χ1) is 11.9. The Morgan fingerprint density at radius 1 is 1.36 bits per heavy atom. The second kappa shape index (κ2) is 5.98. The number of ether oxygens (including phenoxy) is 3. The molecule has 130 valence electrons. The van der Waals surface area contributed by atoms with Gasteiger partial charge in [-0.2, -0.15) is 0 Å². The van der Waals surface area contributed by atoms with Crippen LogP contribution in [0, 0.1) is 5.92 Å². The maximum absolute atomic E-state index is 13.3. The molecule has 0 N–H and O–H groups in total. The summed E-state index contributed by atoms with van der Waals surface area (Å²) in [5.74, 6) is -0.690. The number of carbonyl (C=O) groups is 2. The predicted molar refractivity (Wildman–Crippen MR) is 88.3 cm³/mol. The van der Waals surface area contributed by atoms with Crippen LogP contribution in [0.2, 0.25) is 5.02 Å². The molecule has 0 fully saturated rings. The van der Waals surface area contributed by atoms with Crippen molar-refractivity contribution in [3.8, 4) is 17.2 Å². The van der Waals surface area contributed by atoms with E-state index in [0.717, 1.165) is 6.08 Å².